The number of hydrogen-bond donors (Lipinski definition) is 0. The van der Waals surface area contributed by atoms with E-state index in [1.165, 1.54) is 0 Å². The van der Waals surface area contributed by atoms with Gasteiger partial charge in [0.25, 0.3) is 0 Å². The topological polar surface area (TPSA) is 61.9 Å². The lowest BCUT2D eigenvalue weighted by Gasteiger charge is -2.48. The van der Waals surface area contributed by atoms with E-state index in [0.29, 0.717) is 12.1 Å². The Kier molecular flexibility index (Phi) is 7.11. The van der Waals surface area contributed by atoms with Gasteiger partial charge < -0.3 is 26.6 Å². The third-order valence-electron chi connectivity index (χ3n) is 6.11. The highest BCUT2D eigenvalue weighted by atomic mass is 28.4. The molecule has 0 N–H and O–H groups in total. The van der Waals surface area contributed by atoms with E-state index in [-0.39, 0.29) is 36.6 Å². The lowest BCUT2D eigenvalue weighted by atomic mass is 10.2. The van der Waals surface area contributed by atoms with Crippen LogP contribution >= 0.6 is 0 Å². The summed E-state index contributed by atoms with van der Waals surface area (Å²) in [6, 6.07) is 1.35. The van der Waals surface area contributed by atoms with E-state index in [9.17, 15) is 0 Å². The molecule has 30 heavy (non-hydrogen) atoms. The first-order valence-corrected chi connectivity index (χ1v) is 15.5. The van der Waals surface area contributed by atoms with Crippen LogP contribution in [0.15, 0.2) is 0 Å². The molecule has 6 fully saturated rings. The average Bonchev–Trinajstić information content (AvgIpc) is 2.53. The van der Waals surface area contributed by atoms with E-state index in [1.807, 2.05) is 0 Å². The van der Waals surface area contributed by atoms with E-state index >= 15 is 0 Å². The maximum atomic E-state index is 6.55. The Morgan fingerprint density at radius 1 is 0.467 bits per heavy atom. The summed E-state index contributed by atoms with van der Waals surface area (Å²) in [7, 11) is -5.80. The first-order chi connectivity index (χ1) is 14.1. The minimum atomic E-state index is -2.90. The Bertz CT molecular complexity index is 480. The van der Waals surface area contributed by atoms with Crippen molar-refractivity contribution in [2.45, 2.75) is 90.3 Å². The zero-order valence-corrected chi connectivity index (χ0v) is 21.5. The predicted molar refractivity (Wildman–Crippen MR) is 117 cm³/mol. The molecule has 0 aromatic heterocycles. The van der Waals surface area contributed by atoms with Crippen LogP contribution in [-0.4, -0.2) is 103 Å². The van der Waals surface area contributed by atoms with Gasteiger partial charge in [-0.3, -0.25) is 9.80 Å². The second-order valence-electron chi connectivity index (χ2n) is 9.87. The number of hydrogen-bond acceptors (Lipinski definition) is 8. The van der Waals surface area contributed by atoms with Crippen LogP contribution in [0.1, 0.15) is 41.5 Å². The minimum absolute atomic E-state index is 0.0820. The summed E-state index contributed by atoms with van der Waals surface area (Å²) >= 11 is 0. The molecular formula is C20H40N2O6Si2. The summed E-state index contributed by atoms with van der Waals surface area (Å²) in [4.78, 5) is 4.78. The first kappa shape index (κ1) is 23.3. The SMILES string of the molecule is C[C@@H]1CN2C[C@@H](C)O[Si](CC[Si]34O[C@H](C)CN(C[C@@H](C)O3)C[C@H](C)O4)(O1)O[C@@H](C)C2. The van der Waals surface area contributed by atoms with Crippen molar-refractivity contribution in [3.8, 4) is 0 Å². The van der Waals surface area contributed by atoms with E-state index in [1.54, 1.807) is 0 Å². The van der Waals surface area contributed by atoms with Gasteiger partial charge in [-0.2, -0.15) is 0 Å². The molecule has 6 aliphatic heterocycles. The molecule has 0 unspecified atom stereocenters. The van der Waals surface area contributed by atoms with Crippen molar-refractivity contribution >= 4 is 17.6 Å². The van der Waals surface area contributed by atoms with Crippen LogP contribution in [0.4, 0.5) is 0 Å². The van der Waals surface area contributed by atoms with Crippen LogP contribution in [0.5, 0.6) is 0 Å². The van der Waals surface area contributed by atoms with Gasteiger partial charge in [-0.05, 0) is 41.5 Å². The highest BCUT2D eigenvalue weighted by Gasteiger charge is 2.55. The van der Waals surface area contributed by atoms with E-state index in [0.717, 1.165) is 39.3 Å². The predicted octanol–water partition coefficient (Wildman–Crippen LogP) is 1.95. The van der Waals surface area contributed by atoms with Crippen LogP contribution in [0, 0.1) is 0 Å². The fourth-order valence-electron chi connectivity index (χ4n) is 5.52. The minimum Gasteiger partial charge on any atom is -0.369 e. The molecule has 4 bridgehead atoms. The van der Waals surface area contributed by atoms with Crippen LogP contribution in [0.3, 0.4) is 0 Å². The summed E-state index contributed by atoms with van der Waals surface area (Å²) in [5.41, 5.74) is 0. The number of rotatable bonds is 3. The molecule has 6 rings (SSSR count). The van der Waals surface area contributed by atoms with Gasteiger partial charge in [0.1, 0.15) is 0 Å². The van der Waals surface area contributed by atoms with Crippen molar-refractivity contribution in [2.24, 2.45) is 0 Å². The monoisotopic (exact) mass is 460 g/mol. The van der Waals surface area contributed by atoms with Gasteiger partial charge in [-0.25, -0.2) is 0 Å². The molecule has 0 saturated carbocycles. The zero-order chi connectivity index (χ0) is 21.5. The van der Waals surface area contributed by atoms with Crippen LogP contribution in [-0.2, 0) is 26.6 Å². The third-order valence-corrected chi connectivity index (χ3v) is 12.9. The second-order valence-corrected chi connectivity index (χ2v) is 15.0. The number of fused-ring (bicyclic) bond motifs is 12. The van der Waals surface area contributed by atoms with Crippen LogP contribution in [0.25, 0.3) is 0 Å². The fraction of sp³-hybridized carbons (Fsp3) is 1.00. The molecule has 6 atom stereocenters. The first-order valence-electron chi connectivity index (χ1n) is 11.7. The average molecular weight is 461 g/mol. The van der Waals surface area contributed by atoms with Crippen molar-refractivity contribution in [1.29, 1.82) is 0 Å². The summed E-state index contributed by atoms with van der Waals surface area (Å²) in [5.74, 6) is 0. The summed E-state index contributed by atoms with van der Waals surface area (Å²) in [6.45, 7) is 18.3. The summed E-state index contributed by atoms with van der Waals surface area (Å²) in [6.07, 6.45) is 0.492. The molecule has 0 radical (unpaired) electrons. The largest absolute Gasteiger partial charge is 0.501 e. The van der Waals surface area contributed by atoms with Gasteiger partial charge in [0, 0.05) is 51.4 Å². The lowest BCUT2D eigenvalue weighted by Crippen LogP contribution is -2.64. The molecule has 6 saturated heterocycles. The number of nitrogens with zero attached hydrogens (tertiary/aromatic N) is 2. The van der Waals surface area contributed by atoms with Crippen molar-refractivity contribution in [3.63, 3.8) is 0 Å². The molecule has 174 valence electrons. The van der Waals surface area contributed by atoms with Crippen LogP contribution < -0.4 is 0 Å². The van der Waals surface area contributed by atoms with Gasteiger partial charge in [0.05, 0.1) is 36.6 Å². The van der Waals surface area contributed by atoms with Crippen molar-refractivity contribution in [2.75, 3.05) is 39.3 Å². The highest BCUT2D eigenvalue weighted by Crippen LogP contribution is 2.35. The van der Waals surface area contributed by atoms with Crippen molar-refractivity contribution in [1.82, 2.24) is 9.80 Å². The van der Waals surface area contributed by atoms with Crippen molar-refractivity contribution < 1.29 is 26.6 Å². The fourth-order valence-corrected chi connectivity index (χ4v) is 13.1. The molecule has 8 nitrogen and oxygen atoms in total. The molecule has 6 heterocycles. The molecular weight excluding hydrogens is 420 g/mol. The molecule has 0 aromatic rings. The van der Waals surface area contributed by atoms with Gasteiger partial charge in [0.2, 0.25) is 0 Å². The van der Waals surface area contributed by atoms with Gasteiger partial charge in [-0.1, -0.05) is 0 Å². The Balaban J connectivity index is 1.57. The van der Waals surface area contributed by atoms with E-state index < -0.39 is 17.6 Å². The molecule has 0 spiro atoms. The zero-order valence-electron chi connectivity index (χ0n) is 19.5. The smallest absolute Gasteiger partial charge is 0.369 e. The standard InChI is InChI=1S/C20H40N2O6Si2/c1-15-9-21-10-16(2)24-29(23-15,25-17(3)11-21)7-8-30-26-18(4)12-22(13-19(5)27-30)14-20(6)28-30/h15-20H,7-14H2,1-6H3/t15-,16-,17+,18-,19-,20+/m1/s1. The maximum absolute atomic E-state index is 6.55. The maximum Gasteiger partial charge on any atom is 0.501 e. The molecule has 0 aromatic carbocycles. The Morgan fingerprint density at radius 3 is 0.867 bits per heavy atom. The van der Waals surface area contributed by atoms with Crippen LogP contribution in [0.2, 0.25) is 12.1 Å². The second kappa shape index (κ2) is 9.16. The Labute approximate surface area is 183 Å². The summed E-state index contributed by atoms with van der Waals surface area (Å²) in [5, 5.41) is 0. The van der Waals surface area contributed by atoms with Gasteiger partial charge >= 0.3 is 17.6 Å². The van der Waals surface area contributed by atoms with Crippen molar-refractivity contribution in [3.05, 3.63) is 0 Å². The van der Waals surface area contributed by atoms with Gasteiger partial charge in [-0.15, -0.1) is 0 Å². The lowest BCUT2D eigenvalue weighted by molar-refractivity contribution is -0.0867. The van der Waals surface area contributed by atoms with E-state index in [2.05, 4.69) is 51.3 Å². The Hall–Kier alpha value is 0.114. The Morgan fingerprint density at radius 2 is 0.667 bits per heavy atom. The highest BCUT2D eigenvalue weighted by molar-refractivity contribution is 6.66. The normalized spacial score (nSPS) is 52.6. The third kappa shape index (κ3) is 5.53. The molecule has 6 aliphatic rings. The molecule has 0 aliphatic carbocycles. The van der Waals surface area contributed by atoms with Gasteiger partial charge in [0.15, 0.2) is 0 Å². The van der Waals surface area contributed by atoms with E-state index in [4.69, 9.17) is 26.6 Å². The molecule has 0 amide bonds. The summed E-state index contributed by atoms with van der Waals surface area (Å²) < 4.78 is 39.3. The quantitative estimate of drug-likeness (QED) is 0.593. The molecule has 10 heteroatoms.